The number of nitrogens with two attached hydrogens (primary N) is 1. The summed E-state index contributed by atoms with van der Waals surface area (Å²) >= 11 is 0. The molecule has 0 spiro atoms. The van der Waals surface area contributed by atoms with Crippen molar-refractivity contribution in [2.45, 2.75) is 26.8 Å². The fourth-order valence-electron chi connectivity index (χ4n) is 2.15. The van der Waals surface area contributed by atoms with Crippen LogP contribution in [0.25, 0.3) is 0 Å². The lowest BCUT2D eigenvalue weighted by Crippen LogP contribution is -2.15. The SMILES string of the molecule is Cc1cc(F)cc(C(N)c2ncc(C)cc2C)c1. The Morgan fingerprint density at radius 2 is 1.78 bits per heavy atom. The molecule has 0 aliphatic rings. The van der Waals surface area contributed by atoms with Gasteiger partial charge in [-0.3, -0.25) is 4.98 Å². The van der Waals surface area contributed by atoms with Crippen LogP contribution in [-0.4, -0.2) is 4.98 Å². The molecule has 0 aliphatic heterocycles. The molecule has 18 heavy (non-hydrogen) atoms. The molecule has 0 aliphatic carbocycles. The van der Waals surface area contributed by atoms with Gasteiger partial charge in [-0.2, -0.15) is 0 Å². The highest BCUT2D eigenvalue weighted by Crippen LogP contribution is 2.23. The van der Waals surface area contributed by atoms with Crippen molar-refractivity contribution < 1.29 is 4.39 Å². The van der Waals surface area contributed by atoms with Crippen molar-refractivity contribution in [2.24, 2.45) is 5.73 Å². The zero-order valence-corrected chi connectivity index (χ0v) is 10.9. The van der Waals surface area contributed by atoms with Crippen LogP contribution in [0.15, 0.2) is 30.5 Å². The van der Waals surface area contributed by atoms with E-state index in [1.807, 2.05) is 32.9 Å². The maximum Gasteiger partial charge on any atom is 0.123 e. The predicted molar refractivity (Wildman–Crippen MR) is 70.9 cm³/mol. The molecule has 0 amide bonds. The number of benzene rings is 1. The molecule has 1 heterocycles. The van der Waals surface area contributed by atoms with E-state index in [-0.39, 0.29) is 11.9 Å². The van der Waals surface area contributed by atoms with Crippen molar-refractivity contribution in [1.82, 2.24) is 4.98 Å². The van der Waals surface area contributed by atoms with Crippen LogP contribution < -0.4 is 5.73 Å². The van der Waals surface area contributed by atoms with E-state index in [4.69, 9.17) is 5.73 Å². The molecule has 0 saturated carbocycles. The number of aromatic nitrogens is 1. The summed E-state index contributed by atoms with van der Waals surface area (Å²) in [6, 6.07) is 6.51. The summed E-state index contributed by atoms with van der Waals surface area (Å²) in [5.41, 5.74) is 10.7. The van der Waals surface area contributed by atoms with Gasteiger partial charge < -0.3 is 5.73 Å². The first-order valence-corrected chi connectivity index (χ1v) is 5.93. The largest absolute Gasteiger partial charge is 0.319 e. The number of halogens is 1. The maximum absolute atomic E-state index is 13.4. The first-order valence-electron chi connectivity index (χ1n) is 5.93. The van der Waals surface area contributed by atoms with Crippen LogP contribution >= 0.6 is 0 Å². The first kappa shape index (κ1) is 12.7. The number of pyridine rings is 1. The Hall–Kier alpha value is -1.74. The second-order valence-electron chi connectivity index (χ2n) is 4.75. The molecule has 1 atom stereocenters. The molecule has 1 aromatic heterocycles. The van der Waals surface area contributed by atoms with Gasteiger partial charge >= 0.3 is 0 Å². The van der Waals surface area contributed by atoms with E-state index in [2.05, 4.69) is 4.98 Å². The number of hydrogen-bond donors (Lipinski definition) is 1. The van der Waals surface area contributed by atoms with Gasteiger partial charge in [0.2, 0.25) is 0 Å². The summed E-state index contributed by atoms with van der Waals surface area (Å²) in [7, 11) is 0. The minimum Gasteiger partial charge on any atom is -0.319 e. The molecule has 0 radical (unpaired) electrons. The Bertz CT molecular complexity index is 558. The third-order valence-electron chi connectivity index (χ3n) is 2.97. The molecular formula is C15H17FN2. The van der Waals surface area contributed by atoms with E-state index in [0.29, 0.717) is 0 Å². The van der Waals surface area contributed by atoms with Gasteiger partial charge in [-0.15, -0.1) is 0 Å². The molecule has 2 rings (SSSR count). The average Bonchev–Trinajstić information content (AvgIpc) is 2.26. The van der Waals surface area contributed by atoms with Gasteiger partial charge in [0.1, 0.15) is 5.82 Å². The third kappa shape index (κ3) is 2.57. The summed E-state index contributed by atoms with van der Waals surface area (Å²) in [4.78, 5) is 4.37. The minimum absolute atomic E-state index is 0.259. The minimum atomic E-state index is -0.389. The number of aryl methyl sites for hydroxylation is 3. The lowest BCUT2D eigenvalue weighted by Gasteiger charge is -2.15. The Morgan fingerprint density at radius 3 is 2.39 bits per heavy atom. The van der Waals surface area contributed by atoms with Crippen molar-refractivity contribution in [3.63, 3.8) is 0 Å². The van der Waals surface area contributed by atoms with Crippen molar-refractivity contribution in [1.29, 1.82) is 0 Å². The molecule has 2 N–H and O–H groups in total. The van der Waals surface area contributed by atoms with Gasteiger partial charge in [0.25, 0.3) is 0 Å². The van der Waals surface area contributed by atoms with Crippen LogP contribution in [-0.2, 0) is 0 Å². The molecule has 0 fully saturated rings. The number of nitrogens with zero attached hydrogens (tertiary/aromatic N) is 1. The molecule has 94 valence electrons. The lowest BCUT2D eigenvalue weighted by atomic mass is 9.98. The fourth-order valence-corrected chi connectivity index (χ4v) is 2.15. The number of rotatable bonds is 2. The van der Waals surface area contributed by atoms with Crippen LogP contribution in [0.5, 0.6) is 0 Å². The van der Waals surface area contributed by atoms with Crippen molar-refractivity contribution >= 4 is 0 Å². The Morgan fingerprint density at radius 1 is 1.06 bits per heavy atom. The molecule has 2 nitrogen and oxygen atoms in total. The van der Waals surface area contributed by atoms with Gasteiger partial charge in [-0.25, -0.2) is 4.39 Å². The van der Waals surface area contributed by atoms with Gasteiger partial charge in [0.15, 0.2) is 0 Å². The second kappa shape index (κ2) is 4.86. The first-order chi connectivity index (χ1) is 8.47. The highest BCUT2D eigenvalue weighted by atomic mass is 19.1. The molecular weight excluding hydrogens is 227 g/mol. The monoisotopic (exact) mass is 244 g/mol. The van der Waals surface area contributed by atoms with Gasteiger partial charge in [0.05, 0.1) is 11.7 Å². The van der Waals surface area contributed by atoms with E-state index in [1.165, 1.54) is 12.1 Å². The highest BCUT2D eigenvalue weighted by molar-refractivity contribution is 5.35. The lowest BCUT2D eigenvalue weighted by molar-refractivity contribution is 0.621. The van der Waals surface area contributed by atoms with E-state index < -0.39 is 0 Å². The van der Waals surface area contributed by atoms with Crippen LogP contribution in [0, 0.1) is 26.6 Å². The third-order valence-corrected chi connectivity index (χ3v) is 2.97. The van der Waals surface area contributed by atoms with E-state index in [0.717, 1.165) is 27.9 Å². The summed E-state index contributed by atoms with van der Waals surface area (Å²) in [5.74, 6) is -0.259. The summed E-state index contributed by atoms with van der Waals surface area (Å²) in [6.45, 7) is 5.82. The fraction of sp³-hybridized carbons (Fsp3) is 0.267. The van der Waals surface area contributed by atoms with Crippen molar-refractivity contribution in [3.05, 3.63) is 64.2 Å². The van der Waals surface area contributed by atoms with Gasteiger partial charge in [-0.05, 0) is 55.2 Å². The van der Waals surface area contributed by atoms with Crippen molar-refractivity contribution in [3.8, 4) is 0 Å². The smallest absolute Gasteiger partial charge is 0.123 e. The van der Waals surface area contributed by atoms with E-state index in [9.17, 15) is 4.39 Å². The molecule has 2 aromatic rings. The average molecular weight is 244 g/mol. The maximum atomic E-state index is 13.4. The van der Waals surface area contributed by atoms with Crippen LogP contribution in [0.1, 0.15) is 34.0 Å². The van der Waals surface area contributed by atoms with Crippen molar-refractivity contribution in [2.75, 3.05) is 0 Å². The molecule has 0 bridgehead atoms. The topological polar surface area (TPSA) is 38.9 Å². The van der Waals surface area contributed by atoms with E-state index in [1.54, 1.807) is 6.20 Å². The summed E-state index contributed by atoms with van der Waals surface area (Å²) in [6.07, 6.45) is 1.79. The zero-order valence-electron chi connectivity index (χ0n) is 10.9. The predicted octanol–water partition coefficient (Wildman–Crippen LogP) is 3.19. The van der Waals surface area contributed by atoms with Gasteiger partial charge in [-0.1, -0.05) is 12.1 Å². The standard InChI is InChI=1S/C15H17FN2/c1-9-5-12(7-13(16)6-9)14(17)15-11(3)4-10(2)8-18-15/h4-8,14H,17H2,1-3H3. The number of hydrogen-bond acceptors (Lipinski definition) is 2. The molecule has 3 heteroatoms. The van der Waals surface area contributed by atoms with Crippen LogP contribution in [0.4, 0.5) is 4.39 Å². The summed E-state index contributed by atoms with van der Waals surface area (Å²) < 4.78 is 13.4. The highest BCUT2D eigenvalue weighted by Gasteiger charge is 2.14. The normalized spacial score (nSPS) is 12.5. The molecule has 1 aromatic carbocycles. The van der Waals surface area contributed by atoms with Crippen LogP contribution in [0.3, 0.4) is 0 Å². The molecule has 1 unspecified atom stereocenters. The Balaban J connectivity index is 2.44. The zero-order chi connectivity index (χ0) is 13.3. The van der Waals surface area contributed by atoms with E-state index >= 15 is 0 Å². The Kier molecular flexibility index (Phi) is 3.43. The molecule has 0 saturated heterocycles. The second-order valence-corrected chi connectivity index (χ2v) is 4.75. The van der Waals surface area contributed by atoms with Crippen LogP contribution in [0.2, 0.25) is 0 Å². The quantitative estimate of drug-likeness (QED) is 0.881. The Labute approximate surface area is 107 Å². The van der Waals surface area contributed by atoms with Gasteiger partial charge in [0, 0.05) is 6.20 Å². The summed E-state index contributed by atoms with van der Waals surface area (Å²) in [5, 5.41) is 0.